The van der Waals surface area contributed by atoms with Crippen LogP contribution < -0.4 is 23.7 Å². The van der Waals surface area contributed by atoms with E-state index in [9.17, 15) is 9.59 Å². The number of methoxy groups -OCH3 is 4. The van der Waals surface area contributed by atoms with Crippen molar-refractivity contribution >= 4 is 17.8 Å². The Morgan fingerprint density at radius 1 is 0.862 bits per heavy atom. The second-order valence-electron chi connectivity index (χ2n) is 5.70. The van der Waals surface area contributed by atoms with Gasteiger partial charge >= 0.3 is 5.97 Å². The zero-order chi connectivity index (χ0) is 21.4. The summed E-state index contributed by atoms with van der Waals surface area (Å²) in [6, 6.07) is 7.94. The van der Waals surface area contributed by atoms with E-state index in [0.717, 1.165) is 0 Å². The van der Waals surface area contributed by atoms with Crippen LogP contribution in [0.2, 0.25) is 0 Å². The molecule has 0 aliphatic rings. The molecule has 0 spiro atoms. The third-order valence-corrected chi connectivity index (χ3v) is 3.91. The quantitative estimate of drug-likeness (QED) is 0.478. The van der Waals surface area contributed by atoms with Gasteiger partial charge in [-0.15, -0.1) is 0 Å². The monoisotopic (exact) mass is 402 g/mol. The average molecular weight is 402 g/mol. The van der Waals surface area contributed by atoms with E-state index in [-0.39, 0.29) is 17.3 Å². The van der Waals surface area contributed by atoms with Crippen molar-refractivity contribution in [3.8, 4) is 28.7 Å². The maximum Gasteiger partial charge on any atom is 0.341 e. The third-order valence-electron chi connectivity index (χ3n) is 3.91. The van der Waals surface area contributed by atoms with Gasteiger partial charge in [0.25, 0.3) is 0 Å². The largest absolute Gasteiger partial charge is 0.493 e. The standard InChI is InChI=1S/C21H22O8/c1-25-17-11-14(6-8-16(17)29-12-20(23)24)15(22)7-5-13-9-18(26-2)21(28-4)19(10-13)27-3/h5-11H,12H2,1-4H3,(H,23,24). The molecule has 0 heterocycles. The number of hydrogen-bond donors (Lipinski definition) is 1. The molecular weight excluding hydrogens is 380 g/mol. The molecule has 2 aromatic rings. The van der Waals surface area contributed by atoms with Gasteiger partial charge in [-0.25, -0.2) is 4.79 Å². The number of carboxylic acid groups (broad SMARTS) is 1. The molecule has 1 N–H and O–H groups in total. The van der Waals surface area contributed by atoms with Crippen molar-refractivity contribution < 1.29 is 38.4 Å². The summed E-state index contributed by atoms with van der Waals surface area (Å²) in [6.45, 7) is -0.509. The summed E-state index contributed by atoms with van der Waals surface area (Å²) < 4.78 is 26.2. The Morgan fingerprint density at radius 2 is 1.48 bits per heavy atom. The van der Waals surface area contributed by atoms with Crippen LogP contribution in [-0.2, 0) is 4.79 Å². The van der Waals surface area contributed by atoms with Crippen LogP contribution in [0, 0.1) is 0 Å². The maximum atomic E-state index is 12.5. The van der Waals surface area contributed by atoms with Crippen molar-refractivity contribution in [2.45, 2.75) is 0 Å². The van der Waals surface area contributed by atoms with Crippen LogP contribution in [0.4, 0.5) is 0 Å². The van der Waals surface area contributed by atoms with E-state index in [1.54, 1.807) is 18.2 Å². The smallest absolute Gasteiger partial charge is 0.341 e. The van der Waals surface area contributed by atoms with Gasteiger partial charge < -0.3 is 28.8 Å². The van der Waals surface area contributed by atoms with Gasteiger partial charge in [-0.1, -0.05) is 6.08 Å². The van der Waals surface area contributed by atoms with E-state index in [2.05, 4.69) is 0 Å². The third kappa shape index (κ3) is 5.41. The molecule has 0 saturated heterocycles. The van der Waals surface area contributed by atoms with Crippen LogP contribution in [0.1, 0.15) is 15.9 Å². The summed E-state index contributed by atoms with van der Waals surface area (Å²) in [5.74, 6) is 0.516. The molecule has 154 valence electrons. The van der Waals surface area contributed by atoms with Crippen LogP contribution in [0.25, 0.3) is 6.08 Å². The minimum atomic E-state index is -1.11. The first-order chi connectivity index (χ1) is 13.9. The van der Waals surface area contributed by atoms with Crippen LogP contribution in [-0.4, -0.2) is 51.9 Å². The highest BCUT2D eigenvalue weighted by Crippen LogP contribution is 2.38. The van der Waals surface area contributed by atoms with E-state index in [1.165, 1.54) is 52.7 Å². The van der Waals surface area contributed by atoms with Crippen LogP contribution in [0.3, 0.4) is 0 Å². The van der Waals surface area contributed by atoms with Gasteiger partial charge in [0, 0.05) is 5.56 Å². The lowest BCUT2D eigenvalue weighted by molar-refractivity contribution is -0.139. The molecule has 0 atom stereocenters. The number of rotatable bonds is 10. The van der Waals surface area contributed by atoms with Gasteiger partial charge in [0.2, 0.25) is 5.75 Å². The SMILES string of the molecule is COc1cc(C(=O)C=Cc2cc(OC)c(OC)c(OC)c2)ccc1OCC(=O)O. The topological polar surface area (TPSA) is 101 Å². The Labute approximate surface area is 168 Å². The average Bonchev–Trinajstić information content (AvgIpc) is 2.74. The first-order valence-corrected chi connectivity index (χ1v) is 8.48. The fraction of sp³-hybridized carbons (Fsp3) is 0.238. The van der Waals surface area contributed by atoms with Crippen molar-refractivity contribution in [1.29, 1.82) is 0 Å². The zero-order valence-electron chi connectivity index (χ0n) is 16.6. The molecule has 0 bridgehead atoms. The summed E-state index contributed by atoms with van der Waals surface area (Å²) in [7, 11) is 5.94. The number of ketones is 1. The molecule has 0 amide bonds. The molecule has 0 saturated carbocycles. The highest BCUT2D eigenvalue weighted by molar-refractivity contribution is 6.07. The van der Waals surface area contributed by atoms with Crippen molar-refractivity contribution in [1.82, 2.24) is 0 Å². The summed E-state index contributed by atoms with van der Waals surface area (Å²) in [5, 5.41) is 8.71. The number of ether oxygens (including phenoxy) is 5. The summed E-state index contributed by atoms with van der Waals surface area (Å²) in [5.41, 5.74) is 1.04. The lowest BCUT2D eigenvalue weighted by Gasteiger charge is -2.12. The first-order valence-electron chi connectivity index (χ1n) is 8.48. The summed E-state index contributed by atoms with van der Waals surface area (Å²) in [6.07, 6.45) is 3.02. The second kappa shape index (κ2) is 10.0. The van der Waals surface area contributed by atoms with Gasteiger partial charge in [-0.05, 0) is 42.0 Å². The lowest BCUT2D eigenvalue weighted by atomic mass is 10.1. The van der Waals surface area contributed by atoms with Gasteiger partial charge in [-0.3, -0.25) is 4.79 Å². The lowest BCUT2D eigenvalue weighted by Crippen LogP contribution is -2.10. The molecule has 0 radical (unpaired) electrons. The van der Waals surface area contributed by atoms with Crippen LogP contribution in [0.15, 0.2) is 36.4 Å². The summed E-state index contributed by atoms with van der Waals surface area (Å²) >= 11 is 0. The Balaban J connectivity index is 2.25. The molecule has 0 aliphatic carbocycles. The molecule has 29 heavy (non-hydrogen) atoms. The van der Waals surface area contributed by atoms with E-state index in [0.29, 0.717) is 28.4 Å². The maximum absolute atomic E-state index is 12.5. The number of hydrogen-bond acceptors (Lipinski definition) is 7. The van der Waals surface area contributed by atoms with Gasteiger partial charge in [-0.2, -0.15) is 0 Å². The minimum Gasteiger partial charge on any atom is -0.493 e. The number of allylic oxidation sites excluding steroid dienone is 1. The highest BCUT2D eigenvalue weighted by atomic mass is 16.5. The predicted octanol–water partition coefficient (Wildman–Crippen LogP) is 3.08. The predicted molar refractivity (Wildman–Crippen MR) is 106 cm³/mol. The van der Waals surface area contributed by atoms with Crippen molar-refractivity contribution in [3.05, 3.63) is 47.5 Å². The molecule has 0 unspecified atom stereocenters. The van der Waals surface area contributed by atoms with Crippen molar-refractivity contribution in [3.63, 3.8) is 0 Å². The molecule has 0 fully saturated rings. The molecule has 0 aliphatic heterocycles. The molecule has 2 rings (SSSR count). The Morgan fingerprint density at radius 3 is 2.00 bits per heavy atom. The van der Waals surface area contributed by atoms with E-state index in [1.807, 2.05) is 0 Å². The normalized spacial score (nSPS) is 10.5. The zero-order valence-corrected chi connectivity index (χ0v) is 16.6. The second-order valence-corrected chi connectivity index (χ2v) is 5.70. The van der Waals surface area contributed by atoms with E-state index in [4.69, 9.17) is 28.8 Å². The fourth-order valence-corrected chi connectivity index (χ4v) is 2.55. The number of carboxylic acids is 1. The Hall–Kier alpha value is -3.68. The Kier molecular flexibility index (Phi) is 7.47. The summed E-state index contributed by atoms with van der Waals surface area (Å²) in [4.78, 5) is 23.2. The molecule has 8 nitrogen and oxygen atoms in total. The van der Waals surface area contributed by atoms with Crippen molar-refractivity contribution in [2.24, 2.45) is 0 Å². The highest BCUT2D eigenvalue weighted by Gasteiger charge is 2.13. The fourth-order valence-electron chi connectivity index (χ4n) is 2.55. The number of benzene rings is 2. The number of aliphatic carboxylic acids is 1. The molecule has 0 aromatic heterocycles. The Bertz CT molecular complexity index is 892. The molecule has 2 aromatic carbocycles. The first kappa shape index (κ1) is 21.6. The minimum absolute atomic E-state index is 0.236. The van der Waals surface area contributed by atoms with Crippen LogP contribution >= 0.6 is 0 Å². The van der Waals surface area contributed by atoms with Gasteiger partial charge in [0.15, 0.2) is 35.4 Å². The van der Waals surface area contributed by atoms with E-state index >= 15 is 0 Å². The van der Waals surface area contributed by atoms with Crippen LogP contribution in [0.5, 0.6) is 28.7 Å². The van der Waals surface area contributed by atoms with Gasteiger partial charge in [0.05, 0.1) is 28.4 Å². The molecule has 8 heteroatoms. The molecular formula is C21H22O8. The van der Waals surface area contributed by atoms with Crippen molar-refractivity contribution in [2.75, 3.05) is 35.0 Å². The number of carbonyl (C=O) groups is 2. The number of carbonyl (C=O) groups excluding carboxylic acids is 1. The van der Waals surface area contributed by atoms with E-state index < -0.39 is 12.6 Å². The van der Waals surface area contributed by atoms with Gasteiger partial charge in [0.1, 0.15) is 0 Å².